The van der Waals surface area contributed by atoms with Gasteiger partial charge in [0.05, 0.1) is 7.11 Å². The van der Waals surface area contributed by atoms with Crippen LogP contribution in [0.3, 0.4) is 0 Å². The van der Waals surface area contributed by atoms with E-state index in [0.29, 0.717) is 17.5 Å². The molecule has 0 aromatic heterocycles. The molecule has 1 saturated carbocycles. The van der Waals surface area contributed by atoms with E-state index in [2.05, 4.69) is 5.32 Å². The van der Waals surface area contributed by atoms with E-state index in [0.717, 1.165) is 12.8 Å². The Hall–Kier alpha value is -1.71. The standard InChI is InChI=1S/C17H25NO3/c1-13(21-16-12-8-7-11-15(16)20-2)17(19)18-14-9-5-3-4-6-10-14/h7-8,11-14H,3-6,9-10H2,1-2H3,(H,18,19)/t13-/m0/s1. The molecule has 0 spiro atoms. The molecule has 0 aliphatic heterocycles. The van der Waals surface area contributed by atoms with Crippen molar-refractivity contribution >= 4 is 5.91 Å². The van der Waals surface area contributed by atoms with Gasteiger partial charge >= 0.3 is 0 Å². The van der Waals surface area contributed by atoms with Gasteiger partial charge in [-0.1, -0.05) is 37.8 Å². The first-order valence-electron chi connectivity index (χ1n) is 7.80. The number of ether oxygens (including phenoxy) is 2. The number of para-hydroxylation sites is 2. The van der Waals surface area contributed by atoms with Crippen molar-refractivity contribution in [3.8, 4) is 11.5 Å². The number of carbonyl (C=O) groups excluding carboxylic acids is 1. The van der Waals surface area contributed by atoms with Crippen LogP contribution in [0.1, 0.15) is 45.4 Å². The number of methoxy groups -OCH3 is 1. The molecule has 0 saturated heterocycles. The molecule has 0 radical (unpaired) electrons. The molecule has 116 valence electrons. The van der Waals surface area contributed by atoms with Gasteiger partial charge in [0, 0.05) is 6.04 Å². The van der Waals surface area contributed by atoms with Crippen LogP contribution in [-0.2, 0) is 4.79 Å². The summed E-state index contributed by atoms with van der Waals surface area (Å²) in [6.07, 6.45) is 6.59. The molecule has 1 aliphatic carbocycles. The second-order valence-corrected chi connectivity index (χ2v) is 5.61. The van der Waals surface area contributed by atoms with E-state index >= 15 is 0 Å². The van der Waals surface area contributed by atoms with E-state index in [1.165, 1.54) is 25.7 Å². The number of hydrogen-bond acceptors (Lipinski definition) is 3. The van der Waals surface area contributed by atoms with Gasteiger partial charge in [-0.3, -0.25) is 4.79 Å². The Kier molecular flexibility index (Phi) is 5.90. The molecule has 1 aliphatic rings. The molecule has 1 atom stereocenters. The number of rotatable bonds is 5. The Labute approximate surface area is 126 Å². The summed E-state index contributed by atoms with van der Waals surface area (Å²) in [4.78, 5) is 12.3. The van der Waals surface area contributed by atoms with Crippen molar-refractivity contribution < 1.29 is 14.3 Å². The first-order valence-corrected chi connectivity index (χ1v) is 7.80. The SMILES string of the molecule is COc1ccccc1O[C@@H](C)C(=O)NC1CCCCCC1. The van der Waals surface area contributed by atoms with Crippen molar-refractivity contribution in [1.82, 2.24) is 5.32 Å². The third-order valence-corrected chi connectivity index (χ3v) is 3.94. The van der Waals surface area contributed by atoms with Crippen LogP contribution in [0.4, 0.5) is 0 Å². The Balaban J connectivity index is 1.89. The predicted octanol–water partition coefficient (Wildman–Crippen LogP) is 3.30. The summed E-state index contributed by atoms with van der Waals surface area (Å²) in [5.41, 5.74) is 0. The zero-order valence-corrected chi connectivity index (χ0v) is 12.9. The summed E-state index contributed by atoms with van der Waals surface area (Å²) >= 11 is 0. The van der Waals surface area contributed by atoms with Crippen LogP contribution in [0.15, 0.2) is 24.3 Å². The fourth-order valence-corrected chi connectivity index (χ4v) is 2.70. The minimum absolute atomic E-state index is 0.0483. The summed E-state index contributed by atoms with van der Waals surface area (Å²) in [7, 11) is 1.60. The first kappa shape index (κ1) is 15.7. The first-order chi connectivity index (χ1) is 10.2. The maximum Gasteiger partial charge on any atom is 0.260 e. The molecule has 1 amide bonds. The Morgan fingerprint density at radius 2 is 1.76 bits per heavy atom. The monoisotopic (exact) mass is 291 g/mol. The predicted molar refractivity (Wildman–Crippen MR) is 82.7 cm³/mol. The van der Waals surface area contributed by atoms with Crippen LogP contribution in [-0.4, -0.2) is 25.2 Å². The van der Waals surface area contributed by atoms with Gasteiger partial charge in [0.1, 0.15) is 0 Å². The lowest BCUT2D eigenvalue weighted by molar-refractivity contribution is -0.128. The molecule has 21 heavy (non-hydrogen) atoms. The molecule has 0 bridgehead atoms. The Morgan fingerprint density at radius 3 is 2.38 bits per heavy atom. The van der Waals surface area contributed by atoms with Gasteiger partial charge in [-0.05, 0) is 31.9 Å². The quantitative estimate of drug-likeness (QED) is 0.847. The molecule has 1 fully saturated rings. The minimum Gasteiger partial charge on any atom is -0.493 e. The molecule has 4 nitrogen and oxygen atoms in total. The van der Waals surface area contributed by atoms with Crippen molar-refractivity contribution in [3.05, 3.63) is 24.3 Å². The maximum atomic E-state index is 12.3. The summed E-state index contributed by atoms with van der Waals surface area (Å²) in [5, 5.41) is 3.11. The number of carbonyl (C=O) groups is 1. The second-order valence-electron chi connectivity index (χ2n) is 5.61. The van der Waals surface area contributed by atoms with Crippen LogP contribution in [0.5, 0.6) is 11.5 Å². The lowest BCUT2D eigenvalue weighted by Gasteiger charge is -2.21. The topological polar surface area (TPSA) is 47.6 Å². The Morgan fingerprint density at radius 1 is 1.14 bits per heavy atom. The van der Waals surface area contributed by atoms with Gasteiger partial charge in [0.25, 0.3) is 5.91 Å². The summed E-state index contributed by atoms with van der Waals surface area (Å²) in [6.45, 7) is 1.78. The van der Waals surface area contributed by atoms with Crippen LogP contribution in [0.25, 0.3) is 0 Å². The zero-order chi connectivity index (χ0) is 15.1. The van der Waals surface area contributed by atoms with Gasteiger partial charge in [0.2, 0.25) is 0 Å². The van der Waals surface area contributed by atoms with Gasteiger partial charge in [-0.15, -0.1) is 0 Å². The van der Waals surface area contributed by atoms with E-state index < -0.39 is 6.10 Å². The highest BCUT2D eigenvalue weighted by atomic mass is 16.5. The normalized spacial score (nSPS) is 17.6. The van der Waals surface area contributed by atoms with Crippen molar-refractivity contribution in [2.24, 2.45) is 0 Å². The molecule has 1 N–H and O–H groups in total. The van der Waals surface area contributed by atoms with Crippen molar-refractivity contribution in [2.45, 2.75) is 57.6 Å². The number of hydrogen-bond donors (Lipinski definition) is 1. The summed E-state index contributed by atoms with van der Waals surface area (Å²) in [5.74, 6) is 1.20. The molecule has 4 heteroatoms. The van der Waals surface area contributed by atoms with Gasteiger partial charge in [-0.25, -0.2) is 0 Å². The summed E-state index contributed by atoms with van der Waals surface area (Å²) < 4.78 is 11.0. The fourth-order valence-electron chi connectivity index (χ4n) is 2.70. The van der Waals surface area contributed by atoms with Crippen molar-refractivity contribution in [2.75, 3.05) is 7.11 Å². The number of benzene rings is 1. The fraction of sp³-hybridized carbons (Fsp3) is 0.588. The molecule has 1 aromatic carbocycles. The lowest BCUT2D eigenvalue weighted by Crippen LogP contribution is -2.42. The molecular formula is C17H25NO3. The lowest BCUT2D eigenvalue weighted by atomic mass is 10.1. The Bertz CT molecular complexity index is 453. The smallest absolute Gasteiger partial charge is 0.260 e. The third kappa shape index (κ3) is 4.66. The van der Waals surface area contributed by atoms with Crippen LogP contribution >= 0.6 is 0 Å². The van der Waals surface area contributed by atoms with Crippen LogP contribution < -0.4 is 14.8 Å². The van der Waals surface area contributed by atoms with Crippen LogP contribution in [0, 0.1) is 0 Å². The highest BCUT2D eigenvalue weighted by Crippen LogP contribution is 2.27. The minimum atomic E-state index is -0.524. The van der Waals surface area contributed by atoms with Gasteiger partial charge in [-0.2, -0.15) is 0 Å². The molecule has 2 rings (SSSR count). The van der Waals surface area contributed by atoms with E-state index in [1.54, 1.807) is 14.0 Å². The van der Waals surface area contributed by atoms with Crippen molar-refractivity contribution in [3.63, 3.8) is 0 Å². The van der Waals surface area contributed by atoms with E-state index in [4.69, 9.17) is 9.47 Å². The largest absolute Gasteiger partial charge is 0.493 e. The summed E-state index contributed by atoms with van der Waals surface area (Å²) in [6, 6.07) is 7.68. The third-order valence-electron chi connectivity index (χ3n) is 3.94. The van der Waals surface area contributed by atoms with E-state index in [9.17, 15) is 4.79 Å². The highest BCUT2D eigenvalue weighted by molar-refractivity contribution is 5.81. The molecule has 0 unspecified atom stereocenters. The molecular weight excluding hydrogens is 266 g/mol. The zero-order valence-electron chi connectivity index (χ0n) is 12.9. The molecule has 1 aromatic rings. The average molecular weight is 291 g/mol. The van der Waals surface area contributed by atoms with E-state index in [-0.39, 0.29) is 5.91 Å². The number of amides is 1. The van der Waals surface area contributed by atoms with Crippen LogP contribution in [0.2, 0.25) is 0 Å². The maximum absolute atomic E-state index is 12.3. The number of nitrogens with one attached hydrogen (secondary N) is 1. The van der Waals surface area contributed by atoms with Gasteiger partial charge < -0.3 is 14.8 Å². The average Bonchev–Trinajstić information content (AvgIpc) is 2.76. The van der Waals surface area contributed by atoms with Gasteiger partial charge in [0.15, 0.2) is 17.6 Å². The second kappa shape index (κ2) is 7.91. The highest BCUT2D eigenvalue weighted by Gasteiger charge is 2.20. The van der Waals surface area contributed by atoms with Crippen molar-refractivity contribution in [1.29, 1.82) is 0 Å². The molecule has 0 heterocycles. The van der Waals surface area contributed by atoms with E-state index in [1.807, 2.05) is 24.3 Å².